The molecule has 1 aromatic carbocycles. The van der Waals surface area contributed by atoms with Gasteiger partial charge in [-0.25, -0.2) is 5.43 Å². The Hall–Kier alpha value is -2.56. The number of rotatable bonds is 6. The van der Waals surface area contributed by atoms with Gasteiger partial charge < -0.3 is 19.1 Å². The number of carbonyl (C=O) groups excluding carboxylic acids is 1. The second kappa shape index (κ2) is 8.42. The van der Waals surface area contributed by atoms with E-state index in [1.165, 1.54) is 18.3 Å². The minimum absolute atomic E-state index is 0.00952. The second-order valence-corrected chi connectivity index (χ2v) is 6.40. The topological polar surface area (TPSA) is 116 Å². The van der Waals surface area contributed by atoms with Gasteiger partial charge in [-0.05, 0) is 13.0 Å². The molecule has 1 N–H and O–H groups in total. The number of nitro benzene ring substituents is 1. The Morgan fingerprint density at radius 2 is 2.04 bits per heavy atom. The predicted octanol–water partition coefficient (Wildman–Crippen LogP) is 1.03. The highest BCUT2D eigenvalue weighted by Gasteiger charge is 2.33. The van der Waals surface area contributed by atoms with Gasteiger partial charge in [-0.15, -0.1) is 0 Å². The minimum atomic E-state index is -0.940. The molecule has 27 heavy (non-hydrogen) atoms. The van der Waals surface area contributed by atoms with Crippen LogP contribution in [0.25, 0.3) is 0 Å². The number of hydrazone groups is 1. The number of anilines is 1. The Morgan fingerprint density at radius 1 is 1.33 bits per heavy atom. The molecule has 2 saturated heterocycles. The Bertz CT molecular complexity index is 726. The lowest BCUT2D eigenvalue weighted by Crippen LogP contribution is -2.36. The van der Waals surface area contributed by atoms with Crippen LogP contribution in [0, 0.1) is 10.1 Å². The largest absolute Gasteiger partial charge is 0.378 e. The summed E-state index contributed by atoms with van der Waals surface area (Å²) in [5, 5.41) is 15.0. The van der Waals surface area contributed by atoms with E-state index in [-0.39, 0.29) is 18.0 Å². The summed E-state index contributed by atoms with van der Waals surface area (Å²) in [5.74, 6) is -1.31. The van der Waals surface area contributed by atoms with E-state index in [0.717, 1.165) is 5.69 Å². The number of nitro groups is 1. The number of nitrogens with one attached hydrogen (secondary N) is 1. The van der Waals surface area contributed by atoms with Crippen molar-refractivity contribution in [3.8, 4) is 0 Å². The number of morpholine rings is 1. The molecule has 10 nitrogen and oxygen atoms in total. The summed E-state index contributed by atoms with van der Waals surface area (Å²) in [7, 11) is 0. The fourth-order valence-corrected chi connectivity index (χ4v) is 3.01. The molecular formula is C17H22N4O6. The van der Waals surface area contributed by atoms with E-state index < -0.39 is 10.7 Å². The molecule has 1 amide bonds. The van der Waals surface area contributed by atoms with E-state index in [4.69, 9.17) is 14.2 Å². The zero-order chi connectivity index (χ0) is 19.3. The second-order valence-electron chi connectivity index (χ2n) is 6.40. The van der Waals surface area contributed by atoms with E-state index in [9.17, 15) is 14.9 Å². The van der Waals surface area contributed by atoms with Crippen LogP contribution in [0.3, 0.4) is 0 Å². The summed E-state index contributed by atoms with van der Waals surface area (Å²) in [4.78, 5) is 24.7. The minimum Gasteiger partial charge on any atom is -0.378 e. The highest BCUT2D eigenvalue weighted by molar-refractivity contribution is 5.90. The molecule has 0 bridgehead atoms. The fourth-order valence-electron chi connectivity index (χ4n) is 3.01. The van der Waals surface area contributed by atoms with Gasteiger partial charge in [-0.3, -0.25) is 14.9 Å². The quantitative estimate of drug-likeness (QED) is 0.447. The molecule has 1 aromatic rings. The molecule has 0 aliphatic carbocycles. The van der Waals surface area contributed by atoms with E-state index in [2.05, 4.69) is 15.4 Å². The predicted molar refractivity (Wildman–Crippen MR) is 96.8 cm³/mol. The summed E-state index contributed by atoms with van der Waals surface area (Å²) in [6, 6.07) is 4.58. The number of nitrogens with zero attached hydrogens (tertiary/aromatic N) is 3. The fraction of sp³-hybridized carbons (Fsp3) is 0.529. The monoisotopic (exact) mass is 378 g/mol. The third kappa shape index (κ3) is 5.00. The summed E-state index contributed by atoms with van der Waals surface area (Å²) in [6.07, 6.45) is 1.42. The van der Waals surface area contributed by atoms with Crippen molar-refractivity contribution in [3.05, 3.63) is 33.9 Å². The SMILES string of the molecule is CC1(CC(=O)N/N=C/c2cc([N+](=O)[O-])ccc2N2CCOCC2)OCCO1. The number of carbonyl (C=O) groups is 1. The summed E-state index contributed by atoms with van der Waals surface area (Å²) in [6.45, 7) is 5.12. The standard InChI is InChI=1S/C17H22N4O6/c1-17(26-8-9-27-17)11-16(22)19-18-12-13-10-14(21(23)24)2-3-15(13)20-4-6-25-7-5-20/h2-3,10,12H,4-9,11H2,1H3,(H,19,22)/b18-12+. The Morgan fingerprint density at radius 3 is 2.70 bits per heavy atom. The Balaban J connectivity index is 1.71. The molecule has 2 aliphatic rings. The molecule has 2 fully saturated rings. The van der Waals surface area contributed by atoms with Gasteiger partial charge in [0.15, 0.2) is 5.79 Å². The molecule has 0 aromatic heterocycles. The van der Waals surface area contributed by atoms with Gasteiger partial charge >= 0.3 is 0 Å². The lowest BCUT2D eigenvalue weighted by Gasteiger charge is -2.29. The molecule has 0 unspecified atom stereocenters. The normalized spacial score (nSPS) is 19.4. The molecule has 2 aliphatic heterocycles. The third-order valence-electron chi connectivity index (χ3n) is 4.35. The van der Waals surface area contributed by atoms with Crippen molar-refractivity contribution in [1.82, 2.24) is 5.43 Å². The van der Waals surface area contributed by atoms with E-state index in [1.54, 1.807) is 13.0 Å². The van der Waals surface area contributed by atoms with Gasteiger partial charge in [0.2, 0.25) is 5.91 Å². The zero-order valence-corrected chi connectivity index (χ0v) is 15.1. The van der Waals surface area contributed by atoms with Crippen molar-refractivity contribution in [2.45, 2.75) is 19.1 Å². The van der Waals surface area contributed by atoms with Gasteiger partial charge in [-0.1, -0.05) is 0 Å². The molecule has 146 valence electrons. The number of hydrogen-bond donors (Lipinski definition) is 1. The van der Waals surface area contributed by atoms with Crippen LogP contribution in [0.5, 0.6) is 0 Å². The lowest BCUT2D eigenvalue weighted by molar-refractivity contribution is -0.384. The molecule has 2 heterocycles. The van der Waals surface area contributed by atoms with Gasteiger partial charge in [0.25, 0.3) is 5.69 Å². The van der Waals surface area contributed by atoms with Crippen LogP contribution >= 0.6 is 0 Å². The Labute approximate surface area is 156 Å². The van der Waals surface area contributed by atoms with Crippen molar-refractivity contribution in [2.75, 3.05) is 44.4 Å². The summed E-state index contributed by atoms with van der Waals surface area (Å²) >= 11 is 0. The average Bonchev–Trinajstić information content (AvgIpc) is 3.08. The highest BCUT2D eigenvalue weighted by Crippen LogP contribution is 2.25. The molecule has 0 atom stereocenters. The molecule has 0 saturated carbocycles. The molecule has 10 heteroatoms. The molecule has 0 radical (unpaired) electrons. The van der Waals surface area contributed by atoms with Gasteiger partial charge in [0.1, 0.15) is 0 Å². The number of non-ortho nitro benzene ring substituents is 1. The van der Waals surface area contributed by atoms with Gasteiger partial charge in [0.05, 0.1) is 44.0 Å². The number of amides is 1. The maximum Gasteiger partial charge on any atom is 0.270 e. The molecule has 0 spiro atoms. The number of benzene rings is 1. The molecule has 3 rings (SSSR count). The third-order valence-corrected chi connectivity index (χ3v) is 4.35. The van der Waals surface area contributed by atoms with Crippen molar-refractivity contribution in [3.63, 3.8) is 0 Å². The number of ether oxygens (including phenoxy) is 3. The van der Waals surface area contributed by atoms with E-state index in [1.807, 2.05) is 0 Å². The van der Waals surface area contributed by atoms with Crippen molar-refractivity contribution < 1.29 is 23.9 Å². The molecular weight excluding hydrogens is 356 g/mol. The van der Waals surface area contributed by atoms with Gasteiger partial charge in [-0.2, -0.15) is 5.10 Å². The maximum atomic E-state index is 12.0. The van der Waals surface area contributed by atoms with Crippen LogP contribution in [0.2, 0.25) is 0 Å². The van der Waals surface area contributed by atoms with E-state index >= 15 is 0 Å². The van der Waals surface area contributed by atoms with Crippen LogP contribution in [0.15, 0.2) is 23.3 Å². The first kappa shape index (κ1) is 19.2. The zero-order valence-electron chi connectivity index (χ0n) is 15.1. The van der Waals surface area contributed by atoms with E-state index in [0.29, 0.717) is 45.1 Å². The first-order chi connectivity index (χ1) is 13.0. The smallest absolute Gasteiger partial charge is 0.270 e. The van der Waals surface area contributed by atoms with Crippen molar-refractivity contribution in [1.29, 1.82) is 0 Å². The number of hydrogen-bond acceptors (Lipinski definition) is 8. The highest BCUT2D eigenvalue weighted by atomic mass is 16.7. The maximum absolute atomic E-state index is 12.0. The van der Waals surface area contributed by atoms with Crippen LogP contribution in [-0.4, -0.2) is 62.3 Å². The van der Waals surface area contributed by atoms with Gasteiger partial charge in [0, 0.05) is 36.5 Å². The average molecular weight is 378 g/mol. The Kier molecular flexibility index (Phi) is 5.99. The first-order valence-electron chi connectivity index (χ1n) is 8.68. The van der Waals surface area contributed by atoms with Crippen molar-refractivity contribution >= 4 is 23.5 Å². The van der Waals surface area contributed by atoms with Crippen molar-refractivity contribution in [2.24, 2.45) is 5.10 Å². The van der Waals surface area contributed by atoms with Crippen LogP contribution in [0.4, 0.5) is 11.4 Å². The summed E-state index contributed by atoms with van der Waals surface area (Å²) in [5.41, 5.74) is 3.73. The lowest BCUT2D eigenvalue weighted by atomic mass is 10.1. The first-order valence-corrected chi connectivity index (χ1v) is 8.68. The van der Waals surface area contributed by atoms with Crippen LogP contribution < -0.4 is 10.3 Å². The summed E-state index contributed by atoms with van der Waals surface area (Å²) < 4.78 is 16.1. The van der Waals surface area contributed by atoms with Crippen LogP contribution in [-0.2, 0) is 19.0 Å². The van der Waals surface area contributed by atoms with Crippen LogP contribution in [0.1, 0.15) is 18.9 Å².